The molecule has 74 valence electrons. The highest BCUT2D eigenvalue weighted by molar-refractivity contribution is 7.15. The normalized spacial score (nSPS) is 15.7. The maximum absolute atomic E-state index is 9.49. The van der Waals surface area contributed by atoms with Crippen molar-refractivity contribution in [1.29, 1.82) is 0 Å². The molecule has 0 aliphatic heterocycles. The molecule has 0 radical (unpaired) electrons. The summed E-state index contributed by atoms with van der Waals surface area (Å²) in [5.74, 6) is 0. The van der Waals surface area contributed by atoms with Crippen molar-refractivity contribution in [2.45, 2.75) is 19.1 Å². The van der Waals surface area contributed by atoms with Crippen molar-refractivity contribution in [2.24, 2.45) is 0 Å². The zero-order chi connectivity index (χ0) is 10.0. The van der Waals surface area contributed by atoms with Crippen LogP contribution in [0, 0.1) is 6.92 Å². The SMILES string of the molecule is Cc1nc(N)sc1C(O)C(O)CO. The van der Waals surface area contributed by atoms with Crippen LogP contribution in [0.15, 0.2) is 0 Å². The Balaban J connectivity index is 2.87. The minimum absolute atomic E-state index is 0.344. The summed E-state index contributed by atoms with van der Waals surface area (Å²) in [5.41, 5.74) is 6.00. The quantitative estimate of drug-likeness (QED) is 0.528. The Kier molecular flexibility index (Phi) is 3.21. The molecule has 0 amide bonds. The van der Waals surface area contributed by atoms with Gasteiger partial charge in [0.1, 0.15) is 12.2 Å². The first-order valence-corrected chi connectivity index (χ1v) is 4.57. The second-order valence-electron chi connectivity index (χ2n) is 2.70. The maximum atomic E-state index is 9.49. The van der Waals surface area contributed by atoms with Gasteiger partial charge in [-0.15, -0.1) is 0 Å². The van der Waals surface area contributed by atoms with Crippen LogP contribution >= 0.6 is 11.3 Å². The molecule has 2 atom stereocenters. The fourth-order valence-corrected chi connectivity index (χ4v) is 1.86. The number of aliphatic hydroxyl groups is 3. The molecule has 2 unspecified atom stereocenters. The van der Waals surface area contributed by atoms with Crippen molar-refractivity contribution in [3.8, 4) is 0 Å². The minimum Gasteiger partial charge on any atom is -0.394 e. The van der Waals surface area contributed by atoms with Crippen LogP contribution in [-0.2, 0) is 0 Å². The molecule has 13 heavy (non-hydrogen) atoms. The van der Waals surface area contributed by atoms with Gasteiger partial charge in [0.25, 0.3) is 0 Å². The van der Waals surface area contributed by atoms with E-state index in [0.29, 0.717) is 15.7 Å². The Morgan fingerprint density at radius 2 is 2.15 bits per heavy atom. The van der Waals surface area contributed by atoms with E-state index in [-0.39, 0.29) is 0 Å². The summed E-state index contributed by atoms with van der Waals surface area (Å²) in [5, 5.41) is 27.6. The molecule has 1 rings (SSSR count). The Hall–Kier alpha value is -0.690. The molecule has 0 saturated carbocycles. The Morgan fingerprint density at radius 3 is 2.54 bits per heavy atom. The van der Waals surface area contributed by atoms with Crippen LogP contribution in [0.5, 0.6) is 0 Å². The molecule has 0 aromatic carbocycles. The monoisotopic (exact) mass is 204 g/mol. The zero-order valence-electron chi connectivity index (χ0n) is 7.14. The van der Waals surface area contributed by atoms with Gasteiger partial charge in [-0.2, -0.15) is 0 Å². The summed E-state index contributed by atoms with van der Waals surface area (Å²) in [6.45, 7) is 1.20. The third-order valence-electron chi connectivity index (χ3n) is 1.67. The van der Waals surface area contributed by atoms with E-state index in [4.69, 9.17) is 15.9 Å². The van der Waals surface area contributed by atoms with Gasteiger partial charge in [0.15, 0.2) is 5.13 Å². The molecule has 0 saturated heterocycles. The van der Waals surface area contributed by atoms with Gasteiger partial charge in [-0.1, -0.05) is 11.3 Å². The van der Waals surface area contributed by atoms with Gasteiger partial charge in [0, 0.05) is 0 Å². The fourth-order valence-electron chi connectivity index (χ4n) is 0.979. The molecule has 0 aliphatic rings. The van der Waals surface area contributed by atoms with Crippen molar-refractivity contribution in [3.05, 3.63) is 10.6 Å². The Labute approximate surface area is 79.5 Å². The number of nitrogens with zero attached hydrogens (tertiary/aromatic N) is 1. The van der Waals surface area contributed by atoms with Gasteiger partial charge in [-0.3, -0.25) is 0 Å². The lowest BCUT2D eigenvalue weighted by Crippen LogP contribution is -2.21. The number of rotatable bonds is 3. The molecule has 1 aromatic heterocycles. The number of hydrogen-bond acceptors (Lipinski definition) is 6. The number of nitrogen functional groups attached to an aromatic ring is 1. The van der Waals surface area contributed by atoms with Crippen LogP contribution in [0.2, 0.25) is 0 Å². The first kappa shape index (κ1) is 10.4. The van der Waals surface area contributed by atoms with Crippen molar-refractivity contribution in [3.63, 3.8) is 0 Å². The predicted octanol–water partition coefficient (Wildman–Crippen LogP) is -0.580. The van der Waals surface area contributed by atoms with E-state index >= 15 is 0 Å². The van der Waals surface area contributed by atoms with E-state index in [0.717, 1.165) is 11.3 Å². The van der Waals surface area contributed by atoms with Gasteiger partial charge in [-0.05, 0) is 6.92 Å². The first-order valence-electron chi connectivity index (χ1n) is 3.76. The second kappa shape index (κ2) is 4.01. The third-order valence-corrected chi connectivity index (χ3v) is 2.73. The first-order chi connectivity index (χ1) is 6.06. The minimum atomic E-state index is -1.18. The summed E-state index contributed by atoms with van der Waals surface area (Å²) in [7, 11) is 0. The highest BCUT2D eigenvalue weighted by Crippen LogP contribution is 2.28. The average molecular weight is 204 g/mol. The van der Waals surface area contributed by atoms with Crippen LogP contribution < -0.4 is 5.73 Å². The summed E-state index contributed by atoms with van der Waals surface area (Å²) >= 11 is 1.11. The fraction of sp³-hybridized carbons (Fsp3) is 0.571. The molecule has 6 heteroatoms. The largest absolute Gasteiger partial charge is 0.394 e. The van der Waals surface area contributed by atoms with Gasteiger partial charge >= 0.3 is 0 Å². The van der Waals surface area contributed by atoms with Crippen molar-refractivity contribution < 1.29 is 15.3 Å². The number of aliphatic hydroxyl groups excluding tert-OH is 3. The molecule has 0 spiro atoms. The van der Waals surface area contributed by atoms with Gasteiger partial charge in [0.2, 0.25) is 0 Å². The number of nitrogens with two attached hydrogens (primary N) is 1. The van der Waals surface area contributed by atoms with E-state index in [1.165, 1.54) is 0 Å². The molecule has 1 heterocycles. The Bertz CT molecular complexity index is 289. The van der Waals surface area contributed by atoms with E-state index in [1.807, 2.05) is 0 Å². The zero-order valence-corrected chi connectivity index (χ0v) is 7.95. The van der Waals surface area contributed by atoms with E-state index in [1.54, 1.807) is 6.92 Å². The summed E-state index contributed by atoms with van der Waals surface area (Å²) in [6, 6.07) is 0. The summed E-state index contributed by atoms with van der Waals surface area (Å²) < 4.78 is 0. The number of anilines is 1. The number of hydrogen-bond donors (Lipinski definition) is 4. The lowest BCUT2D eigenvalue weighted by atomic mass is 10.1. The third kappa shape index (κ3) is 2.16. The smallest absolute Gasteiger partial charge is 0.180 e. The van der Waals surface area contributed by atoms with Gasteiger partial charge < -0.3 is 21.1 Å². The molecule has 0 aliphatic carbocycles. The highest BCUT2D eigenvalue weighted by atomic mass is 32.1. The summed E-state index contributed by atoms with van der Waals surface area (Å²) in [4.78, 5) is 4.39. The van der Waals surface area contributed by atoms with Crippen LogP contribution in [0.3, 0.4) is 0 Å². The van der Waals surface area contributed by atoms with Crippen LogP contribution in [0.4, 0.5) is 5.13 Å². The van der Waals surface area contributed by atoms with E-state index in [9.17, 15) is 5.11 Å². The van der Waals surface area contributed by atoms with Crippen LogP contribution in [0.25, 0.3) is 0 Å². The van der Waals surface area contributed by atoms with Gasteiger partial charge in [-0.25, -0.2) is 4.98 Å². The molecule has 0 bridgehead atoms. The lowest BCUT2D eigenvalue weighted by Gasteiger charge is -2.13. The standard InChI is InChI=1S/C7H12N2O3S/c1-3-6(13-7(8)9-3)5(12)4(11)2-10/h4-5,10-12H,2H2,1H3,(H2,8,9). The topological polar surface area (TPSA) is 99.6 Å². The predicted molar refractivity (Wildman–Crippen MR) is 49.3 cm³/mol. The van der Waals surface area contributed by atoms with Crippen molar-refractivity contribution in [2.75, 3.05) is 12.3 Å². The van der Waals surface area contributed by atoms with Gasteiger partial charge in [0.05, 0.1) is 17.2 Å². The highest BCUT2D eigenvalue weighted by Gasteiger charge is 2.22. The number of aryl methyl sites for hydroxylation is 1. The number of aromatic nitrogens is 1. The van der Waals surface area contributed by atoms with Crippen molar-refractivity contribution >= 4 is 16.5 Å². The molecule has 5 N–H and O–H groups in total. The second-order valence-corrected chi connectivity index (χ2v) is 3.76. The van der Waals surface area contributed by atoms with E-state index < -0.39 is 18.8 Å². The molecular weight excluding hydrogens is 192 g/mol. The Morgan fingerprint density at radius 1 is 1.54 bits per heavy atom. The van der Waals surface area contributed by atoms with Crippen LogP contribution in [-0.4, -0.2) is 33.0 Å². The van der Waals surface area contributed by atoms with E-state index in [2.05, 4.69) is 4.98 Å². The number of thiazole rings is 1. The van der Waals surface area contributed by atoms with Crippen LogP contribution in [0.1, 0.15) is 16.7 Å². The molecular formula is C7H12N2O3S. The molecule has 1 aromatic rings. The summed E-state index contributed by atoms with van der Waals surface area (Å²) in [6.07, 6.45) is -2.29. The maximum Gasteiger partial charge on any atom is 0.180 e. The molecule has 0 fully saturated rings. The lowest BCUT2D eigenvalue weighted by molar-refractivity contribution is -0.0138. The molecule has 5 nitrogen and oxygen atoms in total. The van der Waals surface area contributed by atoms with Crippen molar-refractivity contribution in [1.82, 2.24) is 4.98 Å². The average Bonchev–Trinajstić information content (AvgIpc) is 2.42.